The lowest BCUT2D eigenvalue weighted by Crippen LogP contribution is -2.23. The van der Waals surface area contributed by atoms with Gasteiger partial charge in [0, 0.05) is 23.5 Å². The van der Waals surface area contributed by atoms with Crippen LogP contribution in [0.1, 0.15) is 16.1 Å². The molecular formula is C13H13N3O4. The van der Waals surface area contributed by atoms with Gasteiger partial charge in [-0.3, -0.25) is 14.9 Å². The van der Waals surface area contributed by atoms with Crippen molar-refractivity contribution in [2.45, 2.75) is 6.54 Å². The number of amides is 1. The summed E-state index contributed by atoms with van der Waals surface area (Å²) in [6.07, 6.45) is 1.75. The van der Waals surface area contributed by atoms with E-state index in [0.29, 0.717) is 6.54 Å². The van der Waals surface area contributed by atoms with E-state index in [0.717, 1.165) is 5.69 Å². The second-order valence-corrected chi connectivity index (χ2v) is 4.02. The fourth-order valence-electron chi connectivity index (χ4n) is 1.73. The summed E-state index contributed by atoms with van der Waals surface area (Å²) >= 11 is 0. The first kappa shape index (κ1) is 13.6. The van der Waals surface area contributed by atoms with Gasteiger partial charge in [-0.15, -0.1) is 0 Å². The molecule has 2 aromatic rings. The zero-order valence-corrected chi connectivity index (χ0v) is 10.8. The first-order chi connectivity index (χ1) is 9.61. The number of carbonyl (C=O) groups excluding carboxylic acids is 1. The Bertz CT molecular complexity index is 623. The van der Waals surface area contributed by atoms with Crippen LogP contribution in [-0.2, 0) is 6.54 Å². The summed E-state index contributed by atoms with van der Waals surface area (Å²) in [5, 5.41) is 13.6. The van der Waals surface area contributed by atoms with Crippen molar-refractivity contribution in [2.75, 3.05) is 7.11 Å². The molecular weight excluding hydrogens is 262 g/mol. The predicted octanol–water partition coefficient (Wildman–Crippen LogP) is 1.86. The number of benzene rings is 1. The molecule has 0 saturated carbocycles. The summed E-state index contributed by atoms with van der Waals surface area (Å²) < 4.78 is 4.88. The van der Waals surface area contributed by atoms with Gasteiger partial charge in [-0.25, -0.2) is 0 Å². The SMILES string of the molecule is COc1ccc(C(=O)NCc2ccc[nH]2)cc1[N+](=O)[O-]. The number of rotatable bonds is 5. The molecule has 7 heteroatoms. The fourth-order valence-corrected chi connectivity index (χ4v) is 1.73. The number of nitro groups is 1. The molecule has 0 bridgehead atoms. The molecule has 1 heterocycles. The van der Waals surface area contributed by atoms with Gasteiger partial charge in [-0.2, -0.15) is 0 Å². The van der Waals surface area contributed by atoms with Gasteiger partial charge in [0.2, 0.25) is 0 Å². The molecule has 1 aromatic carbocycles. The van der Waals surface area contributed by atoms with E-state index in [1.165, 1.54) is 25.3 Å². The van der Waals surface area contributed by atoms with E-state index in [9.17, 15) is 14.9 Å². The van der Waals surface area contributed by atoms with Gasteiger partial charge >= 0.3 is 5.69 Å². The van der Waals surface area contributed by atoms with E-state index < -0.39 is 4.92 Å². The van der Waals surface area contributed by atoms with Crippen molar-refractivity contribution in [1.29, 1.82) is 0 Å². The normalized spacial score (nSPS) is 10.1. The minimum absolute atomic E-state index is 0.121. The summed E-state index contributed by atoms with van der Waals surface area (Å²) in [5.74, 6) is -0.263. The van der Waals surface area contributed by atoms with Crippen LogP contribution in [-0.4, -0.2) is 22.9 Å². The highest BCUT2D eigenvalue weighted by atomic mass is 16.6. The lowest BCUT2D eigenvalue weighted by Gasteiger charge is -2.06. The molecule has 0 spiro atoms. The molecule has 7 nitrogen and oxygen atoms in total. The minimum atomic E-state index is -0.583. The van der Waals surface area contributed by atoms with Crippen LogP contribution in [0.2, 0.25) is 0 Å². The topological polar surface area (TPSA) is 97.3 Å². The summed E-state index contributed by atoms with van der Waals surface area (Å²) in [6, 6.07) is 7.73. The van der Waals surface area contributed by atoms with Gasteiger partial charge in [-0.05, 0) is 24.3 Å². The van der Waals surface area contributed by atoms with Gasteiger partial charge in [0.05, 0.1) is 18.6 Å². The van der Waals surface area contributed by atoms with Crippen molar-refractivity contribution in [1.82, 2.24) is 10.3 Å². The van der Waals surface area contributed by atoms with Crippen LogP contribution >= 0.6 is 0 Å². The molecule has 0 saturated heterocycles. The van der Waals surface area contributed by atoms with E-state index in [-0.39, 0.29) is 22.9 Å². The molecule has 104 valence electrons. The lowest BCUT2D eigenvalue weighted by atomic mass is 10.1. The molecule has 0 aliphatic carbocycles. The van der Waals surface area contributed by atoms with Crippen LogP contribution < -0.4 is 10.1 Å². The zero-order valence-electron chi connectivity index (χ0n) is 10.8. The Hall–Kier alpha value is -2.83. The van der Waals surface area contributed by atoms with Crippen molar-refractivity contribution in [3.63, 3.8) is 0 Å². The van der Waals surface area contributed by atoms with E-state index in [4.69, 9.17) is 4.74 Å². The van der Waals surface area contributed by atoms with Crippen molar-refractivity contribution < 1.29 is 14.5 Å². The largest absolute Gasteiger partial charge is 0.490 e. The van der Waals surface area contributed by atoms with Crippen molar-refractivity contribution in [3.05, 3.63) is 57.9 Å². The smallest absolute Gasteiger partial charge is 0.311 e. The van der Waals surface area contributed by atoms with Crippen molar-refractivity contribution in [3.8, 4) is 5.75 Å². The molecule has 0 fully saturated rings. The minimum Gasteiger partial charge on any atom is -0.490 e. The van der Waals surface area contributed by atoms with Gasteiger partial charge in [0.1, 0.15) is 0 Å². The Labute approximate surface area is 114 Å². The third-order valence-electron chi connectivity index (χ3n) is 2.74. The van der Waals surface area contributed by atoms with Crippen LogP contribution in [0.4, 0.5) is 5.69 Å². The predicted molar refractivity (Wildman–Crippen MR) is 71.6 cm³/mol. The standard InChI is InChI=1S/C13H13N3O4/c1-20-12-5-4-9(7-11(12)16(18)19)13(17)15-8-10-3-2-6-14-10/h2-7,14H,8H2,1H3,(H,15,17). The van der Waals surface area contributed by atoms with Gasteiger partial charge in [0.25, 0.3) is 5.91 Å². The van der Waals surface area contributed by atoms with Gasteiger partial charge < -0.3 is 15.0 Å². The third-order valence-corrected chi connectivity index (χ3v) is 2.74. The number of nitrogens with one attached hydrogen (secondary N) is 2. The summed E-state index contributed by atoms with van der Waals surface area (Å²) in [5.41, 5.74) is 0.824. The monoisotopic (exact) mass is 275 g/mol. The van der Waals surface area contributed by atoms with E-state index in [2.05, 4.69) is 10.3 Å². The summed E-state index contributed by atoms with van der Waals surface area (Å²) in [7, 11) is 1.34. The molecule has 1 aromatic heterocycles. The maximum Gasteiger partial charge on any atom is 0.311 e. The van der Waals surface area contributed by atoms with E-state index >= 15 is 0 Å². The molecule has 2 rings (SSSR count). The average molecular weight is 275 g/mol. The zero-order chi connectivity index (χ0) is 14.5. The molecule has 2 N–H and O–H groups in total. The van der Waals surface area contributed by atoms with Crippen LogP contribution in [0.25, 0.3) is 0 Å². The van der Waals surface area contributed by atoms with Crippen molar-refractivity contribution >= 4 is 11.6 Å². The number of hydrogen-bond donors (Lipinski definition) is 2. The molecule has 20 heavy (non-hydrogen) atoms. The Morgan fingerprint density at radius 2 is 2.25 bits per heavy atom. The second-order valence-electron chi connectivity index (χ2n) is 4.02. The summed E-state index contributed by atoms with van der Waals surface area (Å²) in [6.45, 7) is 0.325. The highest BCUT2D eigenvalue weighted by Gasteiger charge is 2.17. The van der Waals surface area contributed by atoms with Crippen LogP contribution in [0.15, 0.2) is 36.5 Å². The first-order valence-corrected chi connectivity index (χ1v) is 5.84. The molecule has 0 aliphatic heterocycles. The molecule has 1 amide bonds. The third kappa shape index (κ3) is 2.94. The lowest BCUT2D eigenvalue weighted by molar-refractivity contribution is -0.385. The Morgan fingerprint density at radius 3 is 2.85 bits per heavy atom. The maximum absolute atomic E-state index is 11.9. The highest BCUT2D eigenvalue weighted by molar-refractivity contribution is 5.95. The van der Waals surface area contributed by atoms with E-state index in [1.807, 2.05) is 12.1 Å². The maximum atomic E-state index is 11.9. The number of carbonyl (C=O) groups is 1. The molecule has 0 aliphatic rings. The Balaban J connectivity index is 2.13. The van der Waals surface area contributed by atoms with Crippen LogP contribution in [0.5, 0.6) is 5.75 Å². The summed E-state index contributed by atoms with van der Waals surface area (Å²) in [4.78, 5) is 25.2. The Morgan fingerprint density at radius 1 is 1.45 bits per heavy atom. The average Bonchev–Trinajstić information content (AvgIpc) is 2.97. The van der Waals surface area contributed by atoms with Gasteiger partial charge in [0.15, 0.2) is 5.75 Å². The number of aromatic amines is 1. The number of methoxy groups -OCH3 is 1. The second kappa shape index (κ2) is 5.87. The number of H-pyrrole nitrogens is 1. The Kier molecular flexibility index (Phi) is 3.99. The van der Waals surface area contributed by atoms with Crippen LogP contribution in [0.3, 0.4) is 0 Å². The van der Waals surface area contributed by atoms with E-state index in [1.54, 1.807) is 6.20 Å². The number of nitrogens with zero attached hydrogens (tertiary/aromatic N) is 1. The molecule has 0 atom stereocenters. The fraction of sp³-hybridized carbons (Fsp3) is 0.154. The van der Waals surface area contributed by atoms with Crippen LogP contribution in [0, 0.1) is 10.1 Å². The number of ether oxygens (including phenoxy) is 1. The number of aromatic nitrogens is 1. The van der Waals surface area contributed by atoms with Gasteiger partial charge in [-0.1, -0.05) is 0 Å². The quantitative estimate of drug-likeness (QED) is 0.642. The molecule has 0 unspecified atom stereocenters. The number of nitro benzene ring substituents is 1. The first-order valence-electron chi connectivity index (χ1n) is 5.84. The number of hydrogen-bond acceptors (Lipinski definition) is 4. The molecule has 0 radical (unpaired) electrons. The van der Waals surface area contributed by atoms with Crippen molar-refractivity contribution in [2.24, 2.45) is 0 Å². The highest BCUT2D eigenvalue weighted by Crippen LogP contribution is 2.27.